The van der Waals surface area contributed by atoms with Gasteiger partial charge in [-0.1, -0.05) is 86.1 Å². The molecule has 0 spiro atoms. The number of thioether (sulfide) groups is 6. The molecule has 0 bridgehead atoms. The van der Waals surface area contributed by atoms with Gasteiger partial charge in [0.05, 0.1) is 25.1 Å². The Labute approximate surface area is 274 Å². The summed E-state index contributed by atoms with van der Waals surface area (Å²) in [6.45, 7) is 3.20. The van der Waals surface area contributed by atoms with Crippen molar-refractivity contribution in [2.45, 2.75) is 40.1 Å². The Kier molecular flexibility index (Phi) is 9.26. The fourth-order valence-corrected chi connectivity index (χ4v) is 11.5. The van der Waals surface area contributed by atoms with Gasteiger partial charge in [-0.2, -0.15) is 0 Å². The Morgan fingerprint density at radius 3 is 1.38 bits per heavy atom. The van der Waals surface area contributed by atoms with Crippen LogP contribution >= 0.6 is 70.6 Å². The standard InChI is InChI=1S/C34H30N2S6/c1-2-3-16-36-30(24-6-12-27(13-7-24)33-39-19-20-40-33)29(23-4-10-26(11-5-23)32-37-17-18-38-32)35-31(36)25-8-14-28(15-9-25)34-41-21-22-42-34/h4-15,17-22,32-34H,2-3,16H2,1H3. The summed E-state index contributed by atoms with van der Waals surface area (Å²) in [5.41, 5.74) is 9.90. The highest BCUT2D eigenvalue weighted by Crippen LogP contribution is 2.49. The minimum Gasteiger partial charge on any atom is -0.323 e. The lowest BCUT2D eigenvalue weighted by Crippen LogP contribution is -2.03. The molecule has 1 aromatic heterocycles. The molecule has 42 heavy (non-hydrogen) atoms. The lowest BCUT2D eigenvalue weighted by molar-refractivity contribution is 0.641. The van der Waals surface area contributed by atoms with Gasteiger partial charge < -0.3 is 4.57 Å². The van der Waals surface area contributed by atoms with Crippen LogP contribution in [0.4, 0.5) is 0 Å². The molecule has 0 atom stereocenters. The fraction of sp³-hybridized carbons (Fsp3) is 0.206. The number of rotatable bonds is 9. The largest absolute Gasteiger partial charge is 0.323 e. The van der Waals surface area contributed by atoms with E-state index in [2.05, 4.69) is 117 Å². The van der Waals surface area contributed by atoms with Gasteiger partial charge >= 0.3 is 0 Å². The summed E-state index contributed by atoms with van der Waals surface area (Å²) in [7, 11) is 0. The molecule has 0 fully saturated rings. The highest BCUT2D eigenvalue weighted by atomic mass is 32.2. The van der Waals surface area contributed by atoms with Gasteiger partial charge in [0.15, 0.2) is 0 Å². The van der Waals surface area contributed by atoms with E-state index in [0.29, 0.717) is 13.7 Å². The van der Waals surface area contributed by atoms with E-state index < -0.39 is 0 Å². The number of hydrogen-bond acceptors (Lipinski definition) is 7. The molecule has 0 aliphatic carbocycles. The summed E-state index contributed by atoms with van der Waals surface area (Å²) in [5.74, 6) is 1.05. The minimum absolute atomic E-state index is 0.439. The second-order valence-corrected chi connectivity index (χ2v) is 17.1. The molecule has 212 valence electrons. The van der Waals surface area contributed by atoms with E-state index in [0.717, 1.165) is 30.9 Å². The number of aromatic nitrogens is 2. The van der Waals surface area contributed by atoms with Crippen LogP contribution in [0.15, 0.2) is 105 Å². The molecule has 0 saturated carbocycles. The lowest BCUT2D eigenvalue weighted by Gasteiger charge is -2.15. The maximum atomic E-state index is 5.43. The third-order valence-corrected chi connectivity index (χ3v) is 14.8. The SMILES string of the molecule is CCCCn1c(-c2ccc(C3SC=CS3)cc2)nc(-c2ccc(C3SC=CS3)cc2)c1-c1ccc(C2SC=CS2)cc1. The third kappa shape index (κ3) is 6.08. The summed E-state index contributed by atoms with van der Waals surface area (Å²) in [4.78, 5) is 5.43. The number of unbranched alkanes of at least 4 members (excludes halogenated alkanes) is 1. The monoisotopic (exact) mass is 658 g/mol. The van der Waals surface area contributed by atoms with Crippen LogP contribution in [0.2, 0.25) is 0 Å². The average Bonchev–Trinajstić information content (AvgIpc) is 3.88. The van der Waals surface area contributed by atoms with Crippen molar-refractivity contribution in [2.24, 2.45) is 0 Å². The molecule has 0 N–H and O–H groups in total. The van der Waals surface area contributed by atoms with Crippen molar-refractivity contribution in [3.05, 3.63) is 122 Å². The predicted molar refractivity (Wildman–Crippen MR) is 195 cm³/mol. The first-order valence-electron chi connectivity index (χ1n) is 14.1. The quantitative estimate of drug-likeness (QED) is 0.176. The van der Waals surface area contributed by atoms with Gasteiger partial charge in [0.1, 0.15) is 5.82 Å². The molecule has 3 aromatic carbocycles. The molecule has 0 radical (unpaired) electrons. The molecule has 3 aliphatic heterocycles. The number of benzene rings is 3. The van der Waals surface area contributed by atoms with Crippen molar-refractivity contribution in [1.29, 1.82) is 0 Å². The van der Waals surface area contributed by atoms with Crippen molar-refractivity contribution >= 4 is 70.6 Å². The Bertz CT molecular complexity index is 1600. The maximum absolute atomic E-state index is 5.43. The molecule has 3 aliphatic rings. The topological polar surface area (TPSA) is 17.8 Å². The predicted octanol–water partition coefficient (Wildman–Crippen LogP) is 12.5. The van der Waals surface area contributed by atoms with Crippen LogP contribution in [0.5, 0.6) is 0 Å². The summed E-state index contributed by atoms with van der Waals surface area (Å²) in [6, 6.07) is 27.4. The highest BCUT2D eigenvalue weighted by Gasteiger charge is 2.23. The van der Waals surface area contributed by atoms with Gasteiger partial charge in [0.25, 0.3) is 0 Å². The zero-order valence-corrected chi connectivity index (χ0v) is 28.0. The van der Waals surface area contributed by atoms with E-state index in [9.17, 15) is 0 Å². The zero-order valence-electron chi connectivity index (χ0n) is 23.1. The van der Waals surface area contributed by atoms with Crippen molar-refractivity contribution in [3.63, 3.8) is 0 Å². The van der Waals surface area contributed by atoms with Gasteiger partial charge in [-0.15, -0.1) is 70.6 Å². The van der Waals surface area contributed by atoms with Crippen LogP contribution in [0, 0.1) is 0 Å². The summed E-state index contributed by atoms with van der Waals surface area (Å²) in [5, 5.41) is 13.2. The van der Waals surface area contributed by atoms with Gasteiger partial charge in [-0.05, 0) is 55.6 Å². The van der Waals surface area contributed by atoms with Crippen molar-refractivity contribution in [1.82, 2.24) is 9.55 Å². The fourth-order valence-electron chi connectivity index (χ4n) is 5.27. The maximum Gasteiger partial charge on any atom is 0.141 e. The smallest absolute Gasteiger partial charge is 0.141 e. The molecule has 0 saturated heterocycles. The first-order valence-corrected chi connectivity index (χ1v) is 19.7. The molecule has 2 nitrogen and oxygen atoms in total. The molecule has 8 heteroatoms. The highest BCUT2D eigenvalue weighted by molar-refractivity contribution is 8.22. The summed E-state index contributed by atoms with van der Waals surface area (Å²) in [6.07, 6.45) is 2.24. The Morgan fingerprint density at radius 2 is 0.952 bits per heavy atom. The van der Waals surface area contributed by atoms with Gasteiger partial charge in [0.2, 0.25) is 0 Å². The minimum atomic E-state index is 0.439. The zero-order chi connectivity index (χ0) is 28.3. The van der Waals surface area contributed by atoms with E-state index in [1.165, 1.54) is 39.1 Å². The number of hydrogen-bond donors (Lipinski definition) is 0. The molecule has 4 aromatic rings. The molecular weight excluding hydrogens is 629 g/mol. The van der Waals surface area contributed by atoms with Gasteiger partial charge in [-0.25, -0.2) is 4.98 Å². The van der Waals surface area contributed by atoms with Crippen LogP contribution < -0.4 is 0 Å². The lowest BCUT2D eigenvalue weighted by atomic mass is 10.0. The van der Waals surface area contributed by atoms with Crippen molar-refractivity contribution < 1.29 is 0 Å². The molecule has 0 amide bonds. The summed E-state index contributed by atoms with van der Waals surface area (Å²) < 4.78 is 3.80. The Hall–Kier alpha value is -1.81. The molecular formula is C34H30N2S6. The number of nitrogens with zero attached hydrogens (tertiary/aromatic N) is 2. The molecule has 0 unspecified atom stereocenters. The Balaban J connectivity index is 1.32. The van der Waals surface area contributed by atoms with Crippen LogP contribution in [0.3, 0.4) is 0 Å². The van der Waals surface area contributed by atoms with Crippen LogP contribution in [-0.4, -0.2) is 9.55 Å². The van der Waals surface area contributed by atoms with Crippen molar-refractivity contribution in [3.8, 4) is 33.9 Å². The van der Waals surface area contributed by atoms with Crippen molar-refractivity contribution in [2.75, 3.05) is 0 Å². The number of imidazole rings is 1. The van der Waals surface area contributed by atoms with E-state index in [-0.39, 0.29) is 0 Å². The first-order chi connectivity index (χ1) is 20.8. The third-order valence-electron chi connectivity index (χ3n) is 7.44. The van der Waals surface area contributed by atoms with Crippen LogP contribution in [-0.2, 0) is 6.54 Å². The van der Waals surface area contributed by atoms with E-state index in [1.807, 2.05) is 70.6 Å². The summed E-state index contributed by atoms with van der Waals surface area (Å²) >= 11 is 11.3. The van der Waals surface area contributed by atoms with E-state index in [1.54, 1.807) is 0 Å². The van der Waals surface area contributed by atoms with E-state index >= 15 is 0 Å². The first kappa shape index (κ1) is 28.9. The van der Waals surface area contributed by atoms with Gasteiger partial charge in [-0.3, -0.25) is 0 Å². The average molecular weight is 659 g/mol. The van der Waals surface area contributed by atoms with E-state index in [4.69, 9.17) is 4.98 Å². The second-order valence-electron chi connectivity index (χ2n) is 10.1. The Morgan fingerprint density at radius 1 is 0.548 bits per heavy atom. The van der Waals surface area contributed by atoms with Crippen LogP contribution in [0.25, 0.3) is 33.9 Å². The second kappa shape index (κ2) is 13.4. The van der Waals surface area contributed by atoms with Gasteiger partial charge in [0, 0.05) is 23.2 Å². The molecule has 4 heterocycles. The normalized spacial score (nSPS) is 17.3. The molecule has 7 rings (SSSR count). The van der Waals surface area contributed by atoms with Crippen LogP contribution in [0.1, 0.15) is 50.2 Å².